The molecule has 2 N–H and O–H groups in total. The normalized spacial score (nSPS) is 26.7. The molecule has 2 bridgehead atoms. The summed E-state index contributed by atoms with van der Waals surface area (Å²) in [5.41, 5.74) is -1.38. The van der Waals surface area contributed by atoms with Gasteiger partial charge in [-0.05, 0) is 50.5 Å². The number of hydrogen-bond acceptors (Lipinski definition) is 8. The SMILES string of the molecule is C=CCCC(=O)N[C@@H](COC)[C@@H](OC(=O)[C@@H]1[C@H]2O[C@@]3(CC2Br)[C@H](C(=O)N(CC=C)C(C)(C)CC(C)(C)C)N(CCCO)C(=O)[C@@H]13)c1ccccc1. The number of methoxy groups -OCH3 is 1. The highest BCUT2D eigenvalue weighted by Crippen LogP contribution is 2.60. The number of nitrogens with one attached hydrogen (secondary N) is 1. The third kappa shape index (κ3) is 8.61. The minimum atomic E-state index is -1.31. The van der Waals surface area contributed by atoms with E-state index in [0.29, 0.717) is 24.8 Å². The molecule has 3 aliphatic heterocycles. The van der Waals surface area contributed by atoms with E-state index in [1.165, 1.54) is 12.0 Å². The van der Waals surface area contributed by atoms with Crippen LogP contribution in [0.15, 0.2) is 55.6 Å². The highest BCUT2D eigenvalue weighted by molar-refractivity contribution is 9.09. The van der Waals surface area contributed by atoms with Crippen LogP contribution in [0.2, 0.25) is 0 Å². The number of likely N-dealkylation sites (tertiary alicyclic amines) is 1. The summed E-state index contributed by atoms with van der Waals surface area (Å²) in [7, 11) is 1.50. The lowest BCUT2D eigenvalue weighted by Gasteiger charge is -2.45. The lowest BCUT2D eigenvalue weighted by atomic mass is 9.70. The van der Waals surface area contributed by atoms with Crippen molar-refractivity contribution in [3.8, 4) is 0 Å². The molecule has 0 aromatic heterocycles. The number of aliphatic hydroxyl groups is 1. The van der Waals surface area contributed by atoms with Crippen LogP contribution in [0.25, 0.3) is 0 Å². The van der Waals surface area contributed by atoms with Gasteiger partial charge in [0, 0.05) is 43.6 Å². The van der Waals surface area contributed by atoms with E-state index in [9.17, 15) is 24.3 Å². The quantitative estimate of drug-likeness (QED) is 0.124. The molecule has 51 heavy (non-hydrogen) atoms. The van der Waals surface area contributed by atoms with E-state index in [-0.39, 0.29) is 67.1 Å². The predicted octanol–water partition coefficient (Wildman–Crippen LogP) is 4.73. The molecule has 12 heteroatoms. The standard InChI is InChI=1S/C39H56BrN3O8/c1-9-11-18-28(45)41-27(23-49-8)31(25-16-13-12-14-17-25)50-36(48)29-30-34(46)42(20-15-21-44)33(39(30)22-26(40)32(29)51-39)35(47)43(19-10-2)38(6,7)24-37(3,4)5/h9-10,12-14,16-17,26-27,29-33,44H,1-2,11,15,18-24H2,3-8H3,(H,41,45)/t26?,27-,29-,30+,31-,32-,33-,39+/m0/s1. The van der Waals surface area contributed by atoms with Crippen LogP contribution in [0.1, 0.15) is 78.4 Å². The molecule has 3 saturated heterocycles. The number of amides is 3. The monoisotopic (exact) mass is 773 g/mol. The maximum Gasteiger partial charge on any atom is 0.313 e. The summed E-state index contributed by atoms with van der Waals surface area (Å²) in [6, 6.07) is 7.32. The van der Waals surface area contributed by atoms with Crippen LogP contribution in [0.4, 0.5) is 0 Å². The molecule has 11 nitrogen and oxygen atoms in total. The van der Waals surface area contributed by atoms with Crippen LogP contribution in [0.5, 0.6) is 0 Å². The molecule has 0 radical (unpaired) electrons. The largest absolute Gasteiger partial charge is 0.455 e. The van der Waals surface area contributed by atoms with Crippen molar-refractivity contribution < 1.29 is 38.5 Å². The van der Waals surface area contributed by atoms with Gasteiger partial charge in [0.15, 0.2) is 0 Å². The Morgan fingerprint density at radius 3 is 2.45 bits per heavy atom. The summed E-state index contributed by atoms with van der Waals surface area (Å²) in [6.45, 7) is 18.3. The van der Waals surface area contributed by atoms with E-state index in [0.717, 1.165) is 0 Å². The second-order valence-electron chi connectivity index (χ2n) is 15.8. The Labute approximate surface area is 311 Å². The molecular formula is C39H56BrN3O8. The Balaban J connectivity index is 1.74. The van der Waals surface area contributed by atoms with Crippen molar-refractivity contribution in [1.29, 1.82) is 0 Å². The summed E-state index contributed by atoms with van der Waals surface area (Å²) in [5, 5.41) is 12.8. The minimum absolute atomic E-state index is 0.0552. The molecule has 1 spiro atoms. The summed E-state index contributed by atoms with van der Waals surface area (Å²) < 4.78 is 18.5. The topological polar surface area (TPSA) is 135 Å². The fourth-order valence-electron chi connectivity index (χ4n) is 8.59. The van der Waals surface area contributed by atoms with Gasteiger partial charge in [-0.1, -0.05) is 79.2 Å². The van der Waals surface area contributed by atoms with Crippen molar-refractivity contribution in [2.24, 2.45) is 17.3 Å². The van der Waals surface area contributed by atoms with Crippen molar-refractivity contribution in [3.63, 3.8) is 0 Å². The van der Waals surface area contributed by atoms with Gasteiger partial charge >= 0.3 is 5.97 Å². The zero-order chi connectivity index (χ0) is 37.7. The first-order chi connectivity index (χ1) is 24.1. The molecule has 1 unspecified atom stereocenters. The van der Waals surface area contributed by atoms with Crippen molar-refractivity contribution in [3.05, 3.63) is 61.2 Å². The third-order valence-electron chi connectivity index (χ3n) is 10.1. The smallest absolute Gasteiger partial charge is 0.313 e. The van der Waals surface area contributed by atoms with Crippen LogP contribution < -0.4 is 5.32 Å². The van der Waals surface area contributed by atoms with Gasteiger partial charge in [0.25, 0.3) is 0 Å². The Hall–Kier alpha value is -3.06. The van der Waals surface area contributed by atoms with Gasteiger partial charge in [0.1, 0.15) is 17.7 Å². The lowest BCUT2D eigenvalue weighted by molar-refractivity contribution is -0.163. The molecule has 3 fully saturated rings. The van der Waals surface area contributed by atoms with E-state index >= 15 is 0 Å². The lowest BCUT2D eigenvalue weighted by Crippen LogP contribution is -2.61. The number of aliphatic hydroxyl groups excluding tert-OH is 1. The van der Waals surface area contributed by atoms with Gasteiger partial charge in [-0.3, -0.25) is 19.2 Å². The first-order valence-electron chi connectivity index (χ1n) is 17.9. The Bertz CT molecular complexity index is 1430. The van der Waals surface area contributed by atoms with E-state index in [2.05, 4.69) is 55.2 Å². The van der Waals surface area contributed by atoms with Crippen LogP contribution in [0.3, 0.4) is 0 Å². The maximum atomic E-state index is 14.9. The number of carbonyl (C=O) groups is 4. The number of halogens is 1. The number of hydrogen-bond donors (Lipinski definition) is 2. The van der Waals surface area contributed by atoms with Crippen LogP contribution in [-0.2, 0) is 33.4 Å². The van der Waals surface area contributed by atoms with Crippen molar-refractivity contribution in [2.45, 2.75) is 107 Å². The molecule has 3 heterocycles. The van der Waals surface area contributed by atoms with Gasteiger partial charge in [-0.2, -0.15) is 0 Å². The number of fused-ring (bicyclic) bond motifs is 1. The maximum absolute atomic E-state index is 14.9. The number of allylic oxidation sites excluding steroid dienone is 1. The summed E-state index contributed by atoms with van der Waals surface area (Å²) in [6.07, 6.45) is 3.60. The second kappa shape index (κ2) is 16.7. The predicted molar refractivity (Wildman–Crippen MR) is 198 cm³/mol. The first kappa shape index (κ1) is 40.7. The van der Waals surface area contributed by atoms with E-state index < -0.39 is 53.2 Å². The van der Waals surface area contributed by atoms with Gasteiger partial charge in [0.05, 0.1) is 30.6 Å². The number of rotatable bonds is 18. The highest BCUT2D eigenvalue weighted by atomic mass is 79.9. The van der Waals surface area contributed by atoms with E-state index in [1.807, 2.05) is 44.2 Å². The number of esters is 1. The molecular weight excluding hydrogens is 718 g/mol. The Kier molecular flexibility index (Phi) is 13.4. The highest BCUT2D eigenvalue weighted by Gasteiger charge is 2.77. The number of ether oxygens (including phenoxy) is 3. The van der Waals surface area contributed by atoms with Gasteiger partial charge in [0.2, 0.25) is 17.7 Å². The zero-order valence-electron chi connectivity index (χ0n) is 30.9. The third-order valence-corrected chi connectivity index (χ3v) is 11.0. The number of carbonyl (C=O) groups excluding carboxylic acids is 4. The van der Waals surface area contributed by atoms with Crippen molar-refractivity contribution in [2.75, 3.05) is 33.4 Å². The molecule has 4 rings (SSSR count). The van der Waals surface area contributed by atoms with Crippen LogP contribution in [0, 0.1) is 17.3 Å². The number of nitrogens with zero attached hydrogens (tertiary/aromatic N) is 2. The summed E-state index contributed by atoms with van der Waals surface area (Å²) >= 11 is 3.74. The molecule has 0 aliphatic carbocycles. The number of alkyl halides is 1. The average molecular weight is 775 g/mol. The second-order valence-corrected chi connectivity index (χ2v) is 17.0. The molecule has 3 aliphatic rings. The van der Waals surface area contributed by atoms with Gasteiger partial charge in [-0.25, -0.2) is 0 Å². The molecule has 1 aromatic rings. The zero-order valence-corrected chi connectivity index (χ0v) is 32.5. The molecule has 8 atom stereocenters. The van der Waals surface area contributed by atoms with Crippen molar-refractivity contribution in [1.82, 2.24) is 15.1 Å². The van der Waals surface area contributed by atoms with E-state index in [4.69, 9.17) is 14.2 Å². The molecule has 3 amide bonds. The summed E-state index contributed by atoms with van der Waals surface area (Å²) in [4.78, 5) is 59.9. The van der Waals surface area contributed by atoms with E-state index in [1.54, 1.807) is 17.1 Å². The fourth-order valence-corrected chi connectivity index (χ4v) is 9.53. The summed E-state index contributed by atoms with van der Waals surface area (Å²) in [5.74, 6) is -3.59. The Morgan fingerprint density at radius 1 is 1.18 bits per heavy atom. The Morgan fingerprint density at radius 2 is 1.86 bits per heavy atom. The molecule has 0 saturated carbocycles. The fraction of sp³-hybridized carbons (Fsp3) is 0.641. The van der Waals surface area contributed by atoms with Crippen molar-refractivity contribution >= 4 is 39.6 Å². The molecule has 1 aromatic carbocycles. The minimum Gasteiger partial charge on any atom is -0.455 e. The van der Waals surface area contributed by atoms with Crippen LogP contribution >= 0.6 is 15.9 Å². The molecule has 282 valence electrons. The number of benzene rings is 1. The average Bonchev–Trinajstić information content (AvgIpc) is 3.65. The van der Waals surface area contributed by atoms with Gasteiger partial charge in [-0.15, -0.1) is 13.2 Å². The first-order valence-corrected chi connectivity index (χ1v) is 18.8. The van der Waals surface area contributed by atoms with Crippen LogP contribution in [-0.4, -0.2) is 106 Å². The van der Waals surface area contributed by atoms with Gasteiger partial charge < -0.3 is 34.4 Å².